The highest BCUT2D eigenvalue weighted by Gasteiger charge is 2.21. The normalized spacial score (nSPS) is 20.8. The maximum absolute atomic E-state index is 6.01. The predicted molar refractivity (Wildman–Crippen MR) is 70.5 cm³/mol. The largest absolute Gasteiger partial charge is 0.463 e. The molecule has 2 atom stereocenters. The highest BCUT2D eigenvalue weighted by molar-refractivity contribution is 6.30. The van der Waals surface area contributed by atoms with Crippen molar-refractivity contribution in [2.75, 3.05) is 6.61 Å². The predicted octanol–water partition coefficient (Wildman–Crippen LogP) is 2.94. The van der Waals surface area contributed by atoms with Gasteiger partial charge in [-0.05, 0) is 36.5 Å². The third kappa shape index (κ3) is 3.13. The number of rotatable bonds is 4. The fraction of sp³-hybridized carbons (Fsp3) is 0.462. The third-order valence-corrected chi connectivity index (χ3v) is 3.34. The lowest BCUT2D eigenvalue weighted by molar-refractivity contribution is 0.301. The molecule has 0 bridgehead atoms. The van der Waals surface area contributed by atoms with E-state index < -0.39 is 0 Å². The van der Waals surface area contributed by atoms with Crippen molar-refractivity contribution in [3.63, 3.8) is 0 Å². The van der Waals surface area contributed by atoms with E-state index >= 15 is 0 Å². The minimum Gasteiger partial charge on any atom is -0.463 e. The molecule has 2 rings (SSSR count). The number of amidine groups is 1. The lowest BCUT2D eigenvalue weighted by atomic mass is 9.90. The average Bonchev–Trinajstić information content (AvgIpc) is 2.72. The monoisotopic (exact) mass is 252 g/mol. The van der Waals surface area contributed by atoms with Crippen molar-refractivity contribution in [2.24, 2.45) is 10.7 Å². The molecule has 3 nitrogen and oxygen atoms in total. The second-order valence-electron chi connectivity index (χ2n) is 4.33. The van der Waals surface area contributed by atoms with Gasteiger partial charge in [-0.25, -0.2) is 4.99 Å². The van der Waals surface area contributed by atoms with E-state index in [0.717, 1.165) is 17.9 Å². The van der Waals surface area contributed by atoms with Crippen molar-refractivity contribution in [3.8, 4) is 0 Å². The van der Waals surface area contributed by atoms with Crippen molar-refractivity contribution in [2.45, 2.75) is 31.7 Å². The molecule has 0 amide bonds. The summed E-state index contributed by atoms with van der Waals surface area (Å²) in [7, 11) is 0. The SMILES string of the molecule is CCC(C[C@H]1COC(N)=N1)c1cccc(Cl)c1. The highest BCUT2D eigenvalue weighted by atomic mass is 35.5. The Labute approximate surface area is 107 Å². The molecule has 92 valence electrons. The fourth-order valence-electron chi connectivity index (χ4n) is 2.18. The molecule has 1 aliphatic heterocycles. The maximum Gasteiger partial charge on any atom is 0.282 e. The van der Waals surface area contributed by atoms with Crippen LogP contribution in [0.2, 0.25) is 5.02 Å². The Morgan fingerprint density at radius 3 is 3.00 bits per heavy atom. The molecule has 0 spiro atoms. The van der Waals surface area contributed by atoms with Crippen LogP contribution < -0.4 is 5.73 Å². The van der Waals surface area contributed by atoms with Gasteiger partial charge in [0.2, 0.25) is 0 Å². The minimum atomic E-state index is 0.180. The number of nitrogens with two attached hydrogens (primary N) is 1. The van der Waals surface area contributed by atoms with Crippen LogP contribution in [0, 0.1) is 0 Å². The summed E-state index contributed by atoms with van der Waals surface area (Å²) in [6, 6.07) is 8.52. The Hall–Kier alpha value is -1.22. The van der Waals surface area contributed by atoms with Gasteiger partial charge in [-0.15, -0.1) is 0 Å². The molecule has 1 unspecified atom stereocenters. The molecule has 1 aliphatic rings. The summed E-state index contributed by atoms with van der Waals surface area (Å²) in [6.45, 7) is 2.78. The number of aliphatic imine (C=N–C) groups is 1. The van der Waals surface area contributed by atoms with Crippen molar-refractivity contribution in [1.29, 1.82) is 0 Å². The lowest BCUT2D eigenvalue weighted by Crippen LogP contribution is -2.12. The summed E-state index contributed by atoms with van der Waals surface area (Å²) in [5.74, 6) is 0.456. The van der Waals surface area contributed by atoms with Gasteiger partial charge in [0.05, 0.1) is 6.04 Å². The summed E-state index contributed by atoms with van der Waals surface area (Å²) in [5, 5.41) is 0.784. The number of ether oxygens (including phenoxy) is 1. The Morgan fingerprint density at radius 1 is 1.59 bits per heavy atom. The minimum absolute atomic E-state index is 0.180. The Balaban J connectivity index is 2.06. The van der Waals surface area contributed by atoms with E-state index in [2.05, 4.69) is 18.0 Å². The van der Waals surface area contributed by atoms with Crippen LogP contribution in [-0.2, 0) is 4.74 Å². The van der Waals surface area contributed by atoms with Gasteiger partial charge in [-0.1, -0.05) is 30.7 Å². The van der Waals surface area contributed by atoms with Gasteiger partial charge in [0, 0.05) is 5.02 Å². The van der Waals surface area contributed by atoms with Gasteiger partial charge < -0.3 is 10.5 Å². The zero-order valence-electron chi connectivity index (χ0n) is 9.90. The first kappa shape index (κ1) is 12.2. The summed E-state index contributed by atoms with van der Waals surface area (Å²) in [5.41, 5.74) is 6.78. The molecular weight excluding hydrogens is 236 g/mol. The molecule has 1 aromatic rings. The number of benzene rings is 1. The van der Waals surface area contributed by atoms with Gasteiger partial charge >= 0.3 is 0 Å². The summed E-state index contributed by atoms with van der Waals surface area (Å²) in [6.07, 6.45) is 2.02. The van der Waals surface area contributed by atoms with Gasteiger partial charge in [-0.2, -0.15) is 0 Å². The Morgan fingerprint density at radius 2 is 2.41 bits per heavy atom. The topological polar surface area (TPSA) is 47.6 Å². The van der Waals surface area contributed by atoms with Crippen molar-refractivity contribution in [1.82, 2.24) is 0 Å². The van der Waals surface area contributed by atoms with Crippen LogP contribution in [0.3, 0.4) is 0 Å². The standard InChI is InChI=1S/C13H17ClN2O/c1-2-9(7-12-8-17-13(15)16-12)10-4-3-5-11(14)6-10/h3-6,9,12H,2,7-8H2,1H3,(H2,15,16)/t9?,12-/m0/s1. The smallest absolute Gasteiger partial charge is 0.282 e. The molecule has 4 heteroatoms. The molecule has 17 heavy (non-hydrogen) atoms. The molecule has 0 radical (unpaired) electrons. The molecule has 1 heterocycles. The lowest BCUT2D eigenvalue weighted by Gasteiger charge is -2.17. The molecule has 1 aromatic carbocycles. The van der Waals surface area contributed by atoms with E-state index in [-0.39, 0.29) is 6.04 Å². The summed E-state index contributed by atoms with van der Waals surface area (Å²) in [4.78, 5) is 4.26. The van der Waals surface area contributed by atoms with Crippen molar-refractivity contribution >= 4 is 17.6 Å². The van der Waals surface area contributed by atoms with E-state index in [1.54, 1.807) is 0 Å². The number of hydrogen-bond acceptors (Lipinski definition) is 3. The van der Waals surface area contributed by atoms with Crippen LogP contribution >= 0.6 is 11.6 Å². The van der Waals surface area contributed by atoms with Crippen LogP contribution in [0.5, 0.6) is 0 Å². The van der Waals surface area contributed by atoms with E-state index in [1.165, 1.54) is 5.56 Å². The molecule has 0 saturated heterocycles. The fourth-order valence-corrected chi connectivity index (χ4v) is 2.38. The van der Waals surface area contributed by atoms with E-state index in [4.69, 9.17) is 22.1 Å². The summed E-state index contributed by atoms with van der Waals surface area (Å²) < 4.78 is 5.17. The Kier molecular flexibility index (Phi) is 3.89. The van der Waals surface area contributed by atoms with Crippen molar-refractivity contribution < 1.29 is 4.74 Å². The van der Waals surface area contributed by atoms with Gasteiger partial charge in [-0.3, -0.25) is 0 Å². The first-order valence-electron chi connectivity index (χ1n) is 5.90. The number of hydrogen-bond donors (Lipinski definition) is 1. The number of halogens is 1. The van der Waals surface area contributed by atoms with Crippen LogP contribution in [0.4, 0.5) is 0 Å². The van der Waals surface area contributed by atoms with E-state index in [9.17, 15) is 0 Å². The van der Waals surface area contributed by atoms with Gasteiger partial charge in [0.15, 0.2) is 0 Å². The molecule has 0 aromatic heterocycles. The molecule has 2 N–H and O–H groups in total. The second-order valence-corrected chi connectivity index (χ2v) is 4.76. The Bertz CT molecular complexity index is 420. The van der Waals surface area contributed by atoms with Crippen LogP contribution in [0.25, 0.3) is 0 Å². The van der Waals surface area contributed by atoms with Crippen LogP contribution in [0.15, 0.2) is 29.3 Å². The van der Waals surface area contributed by atoms with E-state index in [1.807, 2.05) is 18.2 Å². The maximum atomic E-state index is 6.01. The highest BCUT2D eigenvalue weighted by Crippen LogP contribution is 2.28. The third-order valence-electron chi connectivity index (χ3n) is 3.10. The second kappa shape index (κ2) is 5.41. The summed E-state index contributed by atoms with van der Waals surface area (Å²) >= 11 is 6.01. The number of nitrogens with zero attached hydrogens (tertiary/aromatic N) is 1. The molecule has 0 saturated carbocycles. The van der Waals surface area contributed by atoms with Gasteiger partial charge in [0.1, 0.15) is 6.61 Å². The molecule has 0 fully saturated rings. The first-order valence-corrected chi connectivity index (χ1v) is 6.28. The average molecular weight is 253 g/mol. The quantitative estimate of drug-likeness (QED) is 0.896. The molecule has 0 aliphatic carbocycles. The van der Waals surface area contributed by atoms with Crippen molar-refractivity contribution in [3.05, 3.63) is 34.9 Å². The first-order chi connectivity index (χ1) is 8.19. The zero-order valence-corrected chi connectivity index (χ0v) is 10.7. The van der Waals surface area contributed by atoms with Gasteiger partial charge in [0.25, 0.3) is 6.02 Å². The zero-order chi connectivity index (χ0) is 12.3. The molecular formula is C13H17ClN2O. The van der Waals surface area contributed by atoms with E-state index in [0.29, 0.717) is 18.5 Å². The van der Waals surface area contributed by atoms with Crippen LogP contribution in [0.1, 0.15) is 31.2 Å². The van der Waals surface area contributed by atoms with Crippen LogP contribution in [-0.4, -0.2) is 18.7 Å².